The lowest BCUT2D eigenvalue weighted by Gasteiger charge is -2.32. The Morgan fingerprint density at radius 1 is 0.677 bits per heavy atom. The summed E-state index contributed by atoms with van der Waals surface area (Å²) in [6.07, 6.45) is 21.5. The van der Waals surface area contributed by atoms with Crippen LogP contribution >= 0.6 is 0 Å². The van der Waals surface area contributed by atoms with Crippen molar-refractivity contribution in [3.63, 3.8) is 0 Å². The van der Waals surface area contributed by atoms with E-state index in [1.807, 2.05) is 0 Å². The molecule has 0 saturated carbocycles. The van der Waals surface area contributed by atoms with Gasteiger partial charge in [-0.2, -0.15) is 0 Å². The molecule has 0 aliphatic heterocycles. The third-order valence-electron chi connectivity index (χ3n) is 5.49. The van der Waals surface area contributed by atoms with Crippen LogP contribution in [0.5, 0.6) is 0 Å². The molecule has 0 aliphatic rings. The second kappa shape index (κ2) is 18.8. The zero-order valence-corrected chi connectivity index (χ0v) is 19.4. The normalized spacial score (nSPS) is 11.8. The summed E-state index contributed by atoms with van der Waals surface area (Å²) in [6.45, 7) is 0.366. The van der Waals surface area contributed by atoms with E-state index < -0.39 is 42.0 Å². The van der Waals surface area contributed by atoms with E-state index in [1.165, 1.54) is 76.8 Å². The Balaban J connectivity index is 3.95. The Morgan fingerprint density at radius 3 is 1.42 bits per heavy atom. The van der Waals surface area contributed by atoms with E-state index in [0.29, 0.717) is 6.42 Å². The maximum Gasteiger partial charge on any atom is 0.359 e. The number of allylic oxidation sites excluding steroid dienone is 1. The Kier molecular flexibility index (Phi) is 17.7. The number of nitrogens with zero attached hydrogens (tertiary/aromatic N) is 1. The van der Waals surface area contributed by atoms with Crippen molar-refractivity contribution in [3.8, 4) is 0 Å². The van der Waals surface area contributed by atoms with Crippen LogP contribution in [0, 0.1) is 0 Å². The maximum absolute atomic E-state index is 11.1. The van der Waals surface area contributed by atoms with Crippen molar-refractivity contribution in [1.82, 2.24) is 0 Å². The summed E-state index contributed by atoms with van der Waals surface area (Å²) in [6, 6.07) is 0. The van der Waals surface area contributed by atoms with E-state index in [1.54, 1.807) is 6.08 Å². The van der Waals surface area contributed by atoms with Crippen molar-refractivity contribution in [1.29, 1.82) is 0 Å². The van der Waals surface area contributed by atoms with Crippen LogP contribution in [0.2, 0.25) is 0 Å². The Hall–Kier alpha value is -1.89. The van der Waals surface area contributed by atoms with Crippen LogP contribution in [0.1, 0.15) is 103 Å². The highest BCUT2D eigenvalue weighted by Crippen LogP contribution is 2.14. The van der Waals surface area contributed by atoms with Crippen LogP contribution in [0.4, 0.5) is 0 Å². The van der Waals surface area contributed by atoms with Crippen LogP contribution < -0.4 is 5.11 Å². The predicted octanol–water partition coefficient (Wildman–Crippen LogP) is 4.11. The number of hydrogen-bond donors (Lipinski definition) is 2. The van der Waals surface area contributed by atoms with E-state index in [0.717, 1.165) is 19.3 Å². The summed E-state index contributed by atoms with van der Waals surface area (Å²) < 4.78 is -0.675. The second-order valence-electron chi connectivity index (χ2n) is 8.62. The Morgan fingerprint density at radius 2 is 1.06 bits per heavy atom. The van der Waals surface area contributed by atoms with Gasteiger partial charge in [-0.3, -0.25) is 4.48 Å². The second-order valence-corrected chi connectivity index (χ2v) is 8.62. The van der Waals surface area contributed by atoms with E-state index >= 15 is 0 Å². The molecule has 0 saturated heterocycles. The highest BCUT2D eigenvalue weighted by molar-refractivity contribution is 5.72. The third-order valence-corrected chi connectivity index (χ3v) is 5.49. The highest BCUT2D eigenvalue weighted by Gasteiger charge is 2.31. The number of carbonyl (C=O) groups is 3. The number of hydrogen-bond acceptors (Lipinski definition) is 4. The average molecular weight is 442 g/mol. The molecule has 0 aromatic heterocycles. The highest BCUT2D eigenvalue weighted by atomic mass is 16.4. The van der Waals surface area contributed by atoms with Crippen LogP contribution in [0.15, 0.2) is 12.3 Å². The number of carbonyl (C=O) groups excluding carboxylic acids is 1. The van der Waals surface area contributed by atoms with Crippen LogP contribution in [-0.4, -0.2) is 52.2 Å². The van der Waals surface area contributed by atoms with Gasteiger partial charge < -0.3 is 20.1 Å². The molecule has 0 unspecified atom stereocenters. The molecular formula is C24H43NO6. The molecule has 0 rings (SSSR count). The lowest BCUT2D eigenvalue weighted by atomic mass is 10.0. The van der Waals surface area contributed by atoms with Crippen molar-refractivity contribution in [3.05, 3.63) is 12.3 Å². The smallest absolute Gasteiger partial charge is 0.359 e. The van der Waals surface area contributed by atoms with Gasteiger partial charge in [-0.05, 0) is 18.9 Å². The first-order valence-corrected chi connectivity index (χ1v) is 12.0. The van der Waals surface area contributed by atoms with Gasteiger partial charge in [0.05, 0.1) is 12.2 Å². The third kappa shape index (κ3) is 18.6. The van der Waals surface area contributed by atoms with Crippen molar-refractivity contribution in [2.75, 3.05) is 19.6 Å². The first-order valence-electron chi connectivity index (χ1n) is 12.0. The lowest BCUT2D eigenvalue weighted by molar-refractivity contribution is -0.859. The SMILES string of the molecule is CCCCCCCCCCCCCCCC/C=C/[N+](CC(=O)[O-])(CC(=O)O)CC(=O)O. The first kappa shape index (κ1) is 29.1. The molecule has 0 heterocycles. The van der Waals surface area contributed by atoms with Crippen LogP contribution in [0.3, 0.4) is 0 Å². The largest absolute Gasteiger partial charge is 0.544 e. The Labute approximate surface area is 187 Å². The predicted molar refractivity (Wildman–Crippen MR) is 119 cm³/mol. The molecule has 0 aromatic rings. The summed E-state index contributed by atoms with van der Waals surface area (Å²) in [5.41, 5.74) is 0. The van der Waals surface area contributed by atoms with Gasteiger partial charge in [-0.1, -0.05) is 90.4 Å². The fourth-order valence-corrected chi connectivity index (χ4v) is 3.88. The quantitative estimate of drug-likeness (QED) is 0.193. The minimum absolute atomic E-state index is 0.602. The minimum Gasteiger partial charge on any atom is -0.544 e. The number of quaternary nitrogens is 1. The van der Waals surface area contributed by atoms with Gasteiger partial charge in [-0.25, -0.2) is 9.59 Å². The van der Waals surface area contributed by atoms with Gasteiger partial charge in [0.1, 0.15) is 6.54 Å². The van der Waals surface area contributed by atoms with E-state index in [9.17, 15) is 19.5 Å². The van der Waals surface area contributed by atoms with Crippen molar-refractivity contribution in [2.45, 2.75) is 103 Å². The van der Waals surface area contributed by atoms with Crippen LogP contribution in [-0.2, 0) is 14.4 Å². The number of rotatable bonds is 22. The molecule has 180 valence electrons. The molecule has 0 aromatic carbocycles. The number of carboxylic acid groups (broad SMARTS) is 3. The van der Waals surface area contributed by atoms with E-state index in [4.69, 9.17) is 10.2 Å². The lowest BCUT2D eigenvalue weighted by Crippen LogP contribution is -2.55. The molecule has 7 nitrogen and oxygen atoms in total. The van der Waals surface area contributed by atoms with Crippen molar-refractivity contribution in [2.24, 2.45) is 0 Å². The van der Waals surface area contributed by atoms with Gasteiger partial charge in [0, 0.05) is 0 Å². The van der Waals surface area contributed by atoms with Gasteiger partial charge in [0.25, 0.3) is 0 Å². The molecule has 2 N–H and O–H groups in total. The fraction of sp³-hybridized carbons (Fsp3) is 0.792. The number of carboxylic acids is 3. The van der Waals surface area contributed by atoms with Crippen molar-refractivity contribution >= 4 is 17.9 Å². The average Bonchev–Trinajstić information content (AvgIpc) is 2.66. The number of unbranched alkanes of at least 4 members (excludes halogenated alkanes) is 14. The minimum atomic E-state index is -1.47. The molecule has 31 heavy (non-hydrogen) atoms. The molecule has 0 amide bonds. The summed E-state index contributed by atoms with van der Waals surface area (Å²) >= 11 is 0. The fourth-order valence-electron chi connectivity index (χ4n) is 3.88. The molecule has 0 spiro atoms. The van der Waals surface area contributed by atoms with Gasteiger partial charge in [0.2, 0.25) is 0 Å². The Bertz CT molecular complexity index is 491. The standard InChI is InChI=1S/C24H43NO6/c1-2-3-4-5-6-7-8-9-10-11-12-13-14-15-16-17-18-25(19-22(26)27,20-23(28)29)21-24(30)31/h17-18H,2-16,19-21H2,1H3,(H2-,26,27,28,29,30,31)/b18-17+. The van der Waals surface area contributed by atoms with Crippen molar-refractivity contribution < 1.29 is 34.2 Å². The number of aliphatic carboxylic acids is 3. The molecule has 7 heteroatoms. The summed E-state index contributed by atoms with van der Waals surface area (Å²) in [5.74, 6) is -3.96. The molecule has 0 fully saturated rings. The molecule has 0 aliphatic carbocycles. The molecular weight excluding hydrogens is 398 g/mol. The van der Waals surface area contributed by atoms with Gasteiger partial charge in [0.15, 0.2) is 13.1 Å². The first-order chi connectivity index (χ1) is 14.8. The zero-order chi connectivity index (χ0) is 23.4. The summed E-state index contributed by atoms with van der Waals surface area (Å²) in [4.78, 5) is 33.2. The topological polar surface area (TPSA) is 115 Å². The monoisotopic (exact) mass is 441 g/mol. The van der Waals surface area contributed by atoms with Gasteiger partial charge >= 0.3 is 11.9 Å². The maximum atomic E-state index is 11.1. The van der Waals surface area contributed by atoms with Crippen LogP contribution in [0.25, 0.3) is 0 Å². The molecule has 0 atom stereocenters. The zero-order valence-electron chi connectivity index (χ0n) is 19.4. The summed E-state index contributed by atoms with van der Waals surface area (Å²) in [5, 5.41) is 29.1. The summed E-state index contributed by atoms with van der Waals surface area (Å²) in [7, 11) is 0. The van der Waals surface area contributed by atoms with E-state index in [2.05, 4.69) is 6.92 Å². The van der Waals surface area contributed by atoms with Gasteiger partial charge in [-0.15, -0.1) is 0 Å². The van der Waals surface area contributed by atoms with E-state index in [-0.39, 0.29) is 0 Å². The molecule has 0 radical (unpaired) electrons. The molecule has 0 bridgehead atoms.